The molecule has 1 N–H and O–H groups in total. The number of furan rings is 1. The predicted octanol–water partition coefficient (Wildman–Crippen LogP) is 0.895. The Balaban J connectivity index is 1.44. The molecule has 1 saturated heterocycles. The molecule has 3 aromatic rings. The molecule has 1 aliphatic rings. The van der Waals surface area contributed by atoms with Crippen molar-refractivity contribution in [2.45, 2.75) is 6.54 Å². The number of morpholine rings is 1. The Morgan fingerprint density at radius 1 is 1.25 bits per heavy atom. The zero-order valence-electron chi connectivity index (χ0n) is 15.1. The number of hydrogen-bond donors (Lipinski definition) is 1. The Morgan fingerprint density at radius 3 is 2.86 bits per heavy atom. The molecule has 1 aliphatic heterocycles. The zero-order chi connectivity index (χ0) is 19.3. The van der Waals surface area contributed by atoms with Gasteiger partial charge in [-0.25, -0.2) is 0 Å². The SMILES string of the molecule is COc1nc(CNC(=O)c2cc(-c3ccco3)on2)nc(N2CCOCC2)n1. The van der Waals surface area contributed by atoms with Crippen molar-refractivity contribution in [3.8, 4) is 17.5 Å². The largest absolute Gasteiger partial charge is 0.467 e. The molecular weight excluding hydrogens is 368 g/mol. The average Bonchev–Trinajstić information content (AvgIpc) is 3.44. The van der Waals surface area contributed by atoms with Crippen molar-refractivity contribution >= 4 is 11.9 Å². The molecule has 11 nitrogen and oxygen atoms in total. The maximum atomic E-state index is 12.3. The van der Waals surface area contributed by atoms with Crippen molar-refractivity contribution in [2.75, 3.05) is 38.3 Å². The van der Waals surface area contributed by atoms with Gasteiger partial charge < -0.3 is 28.6 Å². The van der Waals surface area contributed by atoms with Crippen LogP contribution in [0.4, 0.5) is 5.95 Å². The Labute approximate surface area is 159 Å². The van der Waals surface area contributed by atoms with Crippen LogP contribution in [0.2, 0.25) is 0 Å². The molecule has 3 aromatic heterocycles. The van der Waals surface area contributed by atoms with Crippen LogP contribution in [0.25, 0.3) is 11.5 Å². The van der Waals surface area contributed by atoms with Crippen LogP contribution in [0.15, 0.2) is 33.4 Å². The van der Waals surface area contributed by atoms with E-state index < -0.39 is 5.91 Å². The minimum atomic E-state index is -0.422. The lowest BCUT2D eigenvalue weighted by Gasteiger charge is -2.26. The maximum absolute atomic E-state index is 12.3. The van der Waals surface area contributed by atoms with Gasteiger partial charge in [-0.2, -0.15) is 15.0 Å². The Morgan fingerprint density at radius 2 is 2.11 bits per heavy atom. The van der Waals surface area contributed by atoms with E-state index in [9.17, 15) is 4.79 Å². The van der Waals surface area contributed by atoms with Crippen molar-refractivity contribution in [3.05, 3.63) is 36.0 Å². The number of methoxy groups -OCH3 is 1. The number of hydrogen-bond acceptors (Lipinski definition) is 10. The van der Waals surface area contributed by atoms with Crippen molar-refractivity contribution in [3.63, 3.8) is 0 Å². The second-order valence-corrected chi connectivity index (χ2v) is 5.87. The number of anilines is 1. The van der Waals surface area contributed by atoms with E-state index in [2.05, 4.69) is 25.4 Å². The fourth-order valence-electron chi connectivity index (χ4n) is 2.63. The smallest absolute Gasteiger partial charge is 0.321 e. The molecule has 1 fully saturated rings. The van der Waals surface area contributed by atoms with E-state index in [0.29, 0.717) is 49.6 Å². The molecule has 0 atom stereocenters. The highest BCUT2D eigenvalue weighted by Crippen LogP contribution is 2.20. The first-order chi connectivity index (χ1) is 13.7. The summed E-state index contributed by atoms with van der Waals surface area (Å²) in [6, 6.07) is 5.12. The highest BCUT2D eigenvalue weighted by Gasteiger charge is 2.18. The highest BCUT2D eigenvalue weighted by atomic mass is 16.5. The first-order valence-corrected chi connectivity index (χ1v) is 8.63. The third kappa shape index (κ3) is 3.93. The Bertz CT molecular complexity index is 935. The van der Waals surface area contributed by atoms with Crippen LogP contribution >= 0.6 is 0 Å². The molecule has 0 unspecified atom stereocenters. The number of ether oxygens (including phenoxy) is 2. The lowest BCUT2D eigenvalue weighted by molar-refractivity contribution is 0.0940. The van der Waals surface area contributed by atoms with Crippen LogP contribution < -0.4 is 15.0 Å². The normalized spacial score (nSPS) is 14.1. The molecule has 11 heteroatoms. The highest BCUT2D eigenvalue weighted by molar-refractivity contribution is 5.92. The lowest BCUT2D eigenvalue weighted by Crippen LogP contribution is -2.37. The summed E-state index contributed by atoms with van der Waals surface area (Å²) in [5.74, 6) is 1.29. The minimum absolute atomic E-state index is 0.0813. The number of aromatic nitrogens is 4. The molecular formula is C17H18N6O5. The van der Waals surface area contributed by atoms with Crippen LogP contribution in [-0.2, 0) is 11.3 Å². The van der Waals surface area contributed by atoms with E-state index in [0.717, 1.165) is 0 Å². The summed E-state index contributed by atoms with van der Waals surface area (Å²) in [4.78, 5) is 27.2. The third-order valence-electron chi connectivity index (χ3n) is 4.04. The van der Waals surface area contributed by atoms with E-state index in [-0.39, 0.29) is 18.2 Å². The van der Waals surface area contributed by atoms with Crippen molar-refractivity contribution < 1.29 is 23.2 Å². The summed E-state index contributed by atoms with van der Waals surface area (Å²) >= 11 is 0. The van der Waals surface area contributed by atoms with Gasteiger partial charge in [0, 0.05) is 19.2 Å². The standard InChI is InChI=1S/C17H18N6O5/c1-25-17-20-14(19-16(21-17)23-4-7-26-8-5-23)10-18-15(24)11-9-13(28-22-11)12-3-2-6-27-12/h2-3,6,9H,4-5,7-8,10H2,1H3,(H,18,24). The first-order valence-electron chi connectivity index (χ1n) is 8.63. The summed E-state index contributed by atoms with van der Waals surface area (Å²) in [6.07, 6.45) is 1.51. The van der Waals surface area contributed by atoms with Crippen LogP contribution in [0, 0.1) is 0 Å². The summed E-state index contributed by atoms with van der Waals surface area (Å²) in [6.45, 7) is 2.63. The van der Waals surface area contributed by atoms with Gasteiger partial charge in [0.25, 0.3) is 5.91 Å². The summed E-state index contributed by atoms with van der Waals surface area (Å²) in [5.41, 5.74) is 0.126. The van der Waals surface area contributed by atoms with Gasteiger partial charge in [-0.1, -0.05) is 5.16 Å². The predicted molar refractivity (Wildman–Crippen MR) is 94.8 cm³/mol. The topological polar surface area (TPSA) is 129 Å². The minimum Gasteiger partial charge on any atom is -0.467 e. The maximum Gasteiger partial charge on any atom is 0.321 e. The molecule has 0 aliphatic carbocycles. The van der Waals surface area contributed by atoms with Crippen LogP contribution in [0.5, 0.6) is 6.01 Å². The quantitative estimate of drug-likeness (QED) is 0.652. The second kappa shape index (κ2) is 8.05. The third-order valence-corrected chi connectivity index (χ3v) is 4.04. The number of nitrogens with one attached hydrogen (secondary N) is 1. The van der Waals surface area contributed by atoms with Gasteiger partial charge in [-0.15, -0.1) is 0 Å². The molecule has 0 saturated carbocycles. The van der Waals surface area contributed by atoms with Gasteiger partial charge in [0.15, 0.2) is 17.3 Å². The molecule has 28 heavy (non-hydrogen) atoms. The molecule has 0 aromatic carbocycles. The summed E-state index contributed by atoms with van der Waals surface area (Å²) < 4.78 is 20.8. The van der Waals surface area contributed by atoms with Crippen LogP contribution in [-0.4, -0.2) is 59.4 Å². The zero-order valence-corrected chi connectivity index (χ0v) is 15.1. The van der Waals surface area contributed by atoms with Crippen LogP contribution in [0.3, 0.4) is 0 Å². The monoisotopic (exact) mass is 386 g/mol. The first kappa shape index (κ1) is 17.9. The number of carbonyl (C=O) groups is 1. The fourth-order valence-corrected chi connectivity index (χ4v) is 2.63. The molecule has 1 amide bonds. The second-order valence-electron chi connectivity index (χ2n) is 5.87. The van der Waals surface area contributed by atoms with Gasteiger partial charge >= 0.3 is 6.01 Å². The molecule has 0 bridgehead atoms. The van der Waals surface area contributed by atoms with Gasteiger partial charge in [-0.05, 0) is 12.1 Å². The van der Waals surface area contributed by atoms with Crippen molar-refractivity contribution in [1.29, 1.82) is 0 Å². The van der Waals surface area contributed by atoms with Crippen LogP contribution in [0.1, 0.15) is 16.3 Å². The van der Waals surface area contributed by atoms with E-state index >= 15 is 0 Å². The van der Waals surface area contributed by atoms with E-state index in [1.54, 1.807) is 12.1 Å². The fraction of sp³-hybridized carbons (Fsp3) is 0.353. The van der Waals surface area contributed by atoms with Crippen molar-refractivity contribution in [1.82, 2.24) is 25.4 Å². The van der Waals surface area contributed by atoms with Crippen molar-refractivity contribution in [2.24, 2.45) is 0 Å². The number of amides is 1. The van der Waals surface area contributed by atoms with Gasteiger partial charge in [0.1, 0.15) is 0 Å². The van der Waals surface area contributed by atoms with Gasteiger partial charge in [0.2, 0.25) is 11.7 Å². The van der Waals surface area contributed by atoms with Gasteiger partial charge in [-0.3, -0.25) is 4.79 Å². The Hall–Kier alpha value is -3.47. The average molecular weight is 386 g/mol. The summed E-state index contributed by atoms with van der Waals surface area (Å²) in [7, 11) is 1.48. The number of nitrogens with zero attached hydrogens (tertiary/aromatic N) is 5. The van der Waals surface area contributed by atoms with E-state index in [4.69, 9.17) is 18.4 Å². The molecule has 0 spiro atoms. The molecule has 4 heterocycles. The lowest BCUT2D eigenvalue weighted by atomic mass is 10.3. The van der Waals surface area contributed by atoms with E-state index in [1.807, 2.05) is 4.90 Å². The molecule has 0 radical (unpaired) electrons. The Kier molecular flexibility index (Phi) is 5.15. The van der Waals surface area contributed by atoms with E-state index in [1.165, 1.54) is 19.4 Å². The number of carbonyl (C=O) groups excluding carboxylic acids is 1. The molecule has 146 valence electrons. The van der Waals surface area contributed by atoms with Gasteiger partial charge in [0.05, 0.1) is 33.1 Å². The molecule has 4 rings (SSSR count). The number of rotatable bonds is 6. The summed E-state index contributed by atoms with van der Waals surface area (Å²) in [5, 5.41) is 6.47.